The van der Waals surface area contributed by atoms with Crippen LogP contribution < -0.4 is 5.32 Å². The number of carbonyl (C=O) groups is 2. The second-order valence-corrected chi connectivity index (χ2v) is 6.01. The third-order valence-corrected chi connectivity index (χ3v) is 3.91. The Kier molecular flexibility index (Phi) is 5.98. The van der Waals surface area contributed by atoms with Crippen LogP contribution in [0.2, 0.25) is 0 Å². The number of furan rings is 1. The minimum atomic E-state index is -0.315. The molecule has 0 saturated heterocycles. The van der Waals surface area contributed by atoms with Crippen molar-refractivity contribution in [3.05, 3.63) is 71.8 Å². The Morgan fingerprint density at radius 1 is 1.22 bits per heavy atom. The van der Waals surface area contributed by atoms with Crippen molar-refractivity contribution < 1.29 is 18.5 Å². The molecule has 0 atom stereocenters. The number of pyridine rings is 1. The predicted octanol–water partition coefficient (Wildman–Crippen LogP) is 2.32. The highest BCUT2D eigenvalue weighted by molar-refractivity contribution is 5.92. The molecule has 8 heteroatoms. The standard InChI is InChI=1S/C19H20N4O4/c1-14-11-17(22-27-14)19(25)23(13-16-3-2-10-26-16)9-6-18(24)21-12-15-4-7-20-8-5-15/h2-5,7-8,10-11H,6,9,12-13H2,1H3,(H,21,24). The lowest BCUT2D eigenvalue weighted by molar-refractivity contribution is -0.121. The zero-order valence-corrected chi connectivity index (χ0v) is 14.9. The van der Waals surface area contributed by atoms with Gasteiger partial charge < -0.3 is 19.2 Å². The summed E-state index contributed by atoms with van der Waals surface area (Å²) in [6, 6.07) is 8.76. The highest BCUT2D eigenvalue weighted by Gasteiger charge is 2.21. The van der Waals surface area contributed by atoms with Crippen LogP contribution in [0.15, 0.2) is 57.9 Å². The highest BCUT2D eigenvalue weighted by Crippen LogP contribution is 2.12. The van der Waals surface area contributed by atoms with Crippen LogP contribution in [-0.2, 0) is 17.9 Å². The smallest absolute Gasteiger partial charge is 0.276 e. The monoisotopic (exact) mass is 368 g/mol. The van der Waals surface area contributed by atoms with Gasteiger partial charge >= 0.3 is 0 Å². The quantitative estimate of drug-likeness (QED) is 0.655. The van der Waals surface area contributed by atoms with Crippen LogP contribution in [0.5, 0.6) is 0 Å². The summed E-state index contributed by atoms with van der Waals surface area (Å²) in [4.78, 5) is 30.3. The molecule has 0 aliphatic rings. The fraction of sp³-hybridized carbons (Fsp3) is 0.263. The van der Waals surface area contributed by atoms with E-state index in [0.717, 1.165) is 5.56 Å². The third kappa shape index (κ3) is 5.27. The molecule has 0 aliphatic carbocycles. The second-order valence-electron chi connectivity index (χ2n) is 6.01. The van der Waals surface area contributed by atoms with Crippen molar-refractivity contribution in [2.75, 3.05) is 6.54 Å². The maximum atomic E-state index is 12.7. The molecule has 1 N–H and O–H groups in total. The first kappa shape index (κ1) is 18.4. The molecule has 3 aromatic rings. The van der Waals surface area contributed by atoms with Gasteiger partial charge in [0.15, 0.2) is 5.69 Å². The lowest BCUT2D eigenvalue weighted by Crippen LogP contribution is -2.35. The molecule has 0 unspecified atom stereocenters. The van der Waals surface area contributed by atoms with Gasteiger partial charge in [0.1, 0.15) is 11.5 Å². The number of hydrogen-bond donors (Lipinski definition) is 1. The Hall–Kier alpha value is -3.42. The molecule has 0 fully saturated rings. The van der Waals surface area contributed by atoms with Gasteiger partial charge in [-0.2, -0.15) is 0 Å². The van der Waals surface area contributed by atoms with Gasteiger partial charge in [-0.15, -0.1) is 0 Å². The summed E-state index contributed by atoms with van der Waals surface area (Å²) >= 11 is 0. The SMILES string of the molecule is Cc1cc(C(=O)N(CCC(=O)NCc2ccncc2)Cc2ccco2)no1. The Bertz CT molecular complexity index is 874. The van der Waals surface area contributed by atoms with E-state index >= 15 is 0 Å². The summed E-state index contributed by atoms with van der Waals surface area (Å²) < 4.78 is 10.3. The molecule has 0 aliphatic heterocycles. The summed E-state index contributed by atoms with van der Waals surface area (Å²) in [7, 11) is 0. The molecule has 8 nitrogen and oxygen atoms in total. The maximum absolute atomic E-state index is 12.7. The van der Waals surface area contributed by atoms with E-state index in [1.165, 1.54) is 4.90 Å². The van der Waals surface area contributed by atoms with Crippen LogP contribution in [-0.4, -0.2) is 33.4 Å². The first-order valence-corrected chi connectivity index (χ1v) is 8.52. The fourth-order valence-electron chi connectivity index (χ4n) is 2.50. The van der Waals surface area contributed by atoms with E-state index in [9.17, 15) is 9.59 Å². The number of hydrogen-bond acceptors (Lipinski definition) is 6. The molecule has 0 bridgehead atoms. The maximum Gasteiger partial charge on any atom is 0.276 e. The average molecular weight is 368 g/mol. The number of carbonyl (C=O) groups excluding carboxylic acids is 2. The lowest BCUT2D eigenvalue weighted by Gasteiger charge is -2.20. The Balaban J connectivity index is 1.59. The molecule has 0 aromatic carbocycles. The highest BCUT2D eigenvalue weighted by atomic mass is 16.5. The minimum absolute atomic E-state index is 0.152. The van der Waals surface area contributed by atoms with E-state index in [0.29, 0.717) is 18.1 Å². The van der Waals surface area contributed by atoms with Crippen LogP contribution >= 0.6 is 0 Å². The molecular weight excluding hydrogens is 348 g/mol. The molecular formula is C19H20N4O4. The van der Waals surface area contributed by atoms with Gasteiger partial charge in [-0.3, -0.25) is 14.6 Å². The largest absolute Gasteiger partial charge is 0.467 e. The molecule has 0 spiro atoms. The second kappa shape index (κ2) is 8.79. The number of aryl methyl sites for hydroxylation is 1. The van der Waals surface area contributed by atoms with Crippen LogP contribution in [0.25, 0.3) is 0 Å². The minimum Gasteiger partial charge on any atom is -0.467 e. The van der Waals surface area contributed by atoms with Crippen molar-refractivity contribution in [1.29, 1.82) is 0 Å². The normalized spacial score (nSPS) is 10.6. The zero-order chi connectivity index (χ0) is 19.1. The van der Waals surface area contributed by atoms with E-state index in [-0.39, 0.29) is 37.0 Å². The van der Waals surface area contributed by atoms with Gasteiger partial charge in [-0.05, 0) is 36.8 Å². The van der Waals surface area contributed by atoms with Gasteiger partial charge in [0.05, 0.1) is 12.8 Å². The van der Waals surface area contributed by atoms with E-state index in [1.54, 1.807) is 43.8 Å². The molecule has 140 valence electrons. The first-order chi connectivity index (χ1) is 13.1. The number of nitrogens with one attached hydrogen (secondary N) is 1. The Morgan fingerprint density at radius 3 is 2.70 bits per heavy atom. The number of amides is 2. The molecule has 3 rings (SSSR count). The summed E-state index contributed by atoms with van der Waals surface area (Å²) in [5.41, 5.74) is 1.16. The lowest BCUT2D eigenvalue weighted by atomic mass is 10.2. The predicted molar refractivity (Wildman–Crippen MR) is 95.4 cm³/mol. The van der Waals surface area contributed by atoms with Crippen LogP contribution in [0, 0.1) is 6.92 Å². The average Bonchev–Trinajstić information content (AvgIpc) is 3.35. The van der Waals surface area contributed by atoms with Crippen LogP contribution in [0.3, 0.4) is 0 Å². The topological polar surface area (TPSA) is 101 Å². The van der Waals surface area contributed by atoms with E-state index in [4.69, 9.17) is 8.94 Å². The van der Waals surface area contributed by atoms with Crippen molar-refractivity contribution in [1.82, 2.24) is 20.4 Å². The van der Waals surface area contributed by atoms with Gasteiger partial charge in [-0.25, -0.2) is 0 Å². The van der Waals surface area contributed by atoms with Crippen molar-refractivity contribution in [3.63, 3.8) is 0 Å². The van der Waals surface area contributed by atoms with E-state index < -0.39 is 0 Å². The van der Waals surface area contributed by atoms with E-state index in [1.807, 2.05) is 12.1 Å². The van der Waals surface area contributed by atoms with Crippen molar-refractivity contribution in [2.24, 2.45) is 0 Å². The Morgan fingerprint density at radius 2 is 2.04 bits per heavy atom. The fourth-order valence-corrected chi connectivity index (χ4v) is 2.50. The number of nitrogens with zero attached hydrogens (tertiary/aromatic N) is 3. The first-order valence-electron chi connectivity index (χ1n) is 8.52. The van der Waals surface area contributed by atoms with Crippen molar-refractivity contribution >= 4 is 11.8 Å². The van der Waals surface area contributed by atoms with Crippen LogP contribution in [0.4, 0.5) is 0 Å². The zero-order valence-electron chi connectivity index (χ0n) is 14.9. The van der Waals surface area contributed by atoms with Gasteiger partial charge in [0, 0.05) is 38.0 Å². The summed E-state index contributed by atoms with van der Waals surface area (Å²) in [6.07, 6.45) is 5.05. The third-order valence-electron chi connectivity index (χ3n) is 3.91. The number of rotatable bonds is 8. The van der Waals surface area contributed by atoms with Gasteiger partial charge in [0.2, 0.25) is 5.91 Å². The molecule has 27 heavy (non-hydrogen) atoms. The summed E-state index contributed by atoms with van der Waals surface area (Å²) in [5, 5.41) is 6.60. The molecule has 3 aromatic heterocycles. The van der Waals surface area contributed by atoms with Gasteiger partial charge in [0.25, 0.3) is 5.91 Å². The van der Waals surface area contributed by atoms with E-state index in [2.05, 4.69) is 15.5 Å². The van der Waals surface area contributed by atoms with Crippen molar-refractivity contribution in [2.45, 2.75) is 26.4 Å². The molecule has 0 saturated carbocycles. The van der Waals surface area contributed by atoms with Crippen molar-refractivity contribution in [3.8, 4) is 0 Å². The molecule has 0 radical (unpaired) electrons. The molecule has 3 heterocycles. The summed E-state index contributed by atoms with van der Waals surface area (Å²) in [6.45, 7) is 2.60. The Labute approximate surface area is 156 Å². The number of aromatic nitrogens is 2. The van der Waals surface area contributed by atoms with Gasteiger partial charge in [-0.1, -0.05) is 5.16 Å². The van der Waals surface area contributed by atoms with Crippen LogP contribution in [0.1, 0.15) is 34.0 Å². The molecule has 2 amide bonds. The summed E-state index contributed by atoms with van der Waals surface area (Å²) in [5.74, 6) is 0.706.